The van der Waals surface area contributed by atoms with Gasteiger partial charge in [-0.25, -0.2) is 4.39 Å². The summed E-state index contributed by atoms with van der Waals surface area (Å²) in [5, 5.41) is 0. The molecular formula is C18H24FN3OS. The van der Waals surface area contributed by atoms with Crippen LogP contribution >= 0.6 is 12.2 Å². The van der Waals surface area contributed by atoms with Crippen LogP contribution in [0.1, 0.15) is 50.4 Å². The molecule has 1 aromatic heterocycles. The quantitative estimate of drug-likeness (QED) is 0.775. The number of nitrogens with one attached hydrogen (secondary N) is 2. The Morgan fingerprint density at radius 2 is 2.04 bits per heavy atom. The van der Waals surface area contributed by atoms with Crippen molar-refractivity contribution in [1.29, 1.82) is 0 Å². The van der Waals surface area contributed by atoms with Gasteiger partial charge in [0, 0.05) is 12.6 Å². The number of hydrogen-bond acceptors (Lipinski definition) is 2. The summed E-state index contributed by atoms with van der Waals surface area (Å²) in [6.45, 7) is 7.24. The first-order valence-corrected chi connectivity index (χ1v) is 9.00. The number of aromatic nitrogens is 2. The van der Waals surface area contributed by atoms with Crippen molar-refractivity contribution in [3.8, 4) is 0 Å². The fourth-order valence-corrected chi connectivity index (χ4v) is 3.87. The summed E-state index contributed by atoms with van der Waals surface area (Å²) in [5.74, 6) is 0.431. The van der Waals surface area contributed by atoms with Crippen molar-refractivity contribution in [2.24, 2.45) is 11.8 Å². The third-order valence-electron chi connectivity index (χ3n) is 5.07. The Hall–Kier alpha value is -1.69. The normalized spacial score (nSPS) is 22.1. The minimum atomic E-state index is -0.430. The Labute approximate surface area is 146 Å². The van der Waals surface area contributed by atoms with Crippen molar-refractivity contribution < 1.29 is 9.18 Å². The largest absolute Gasteiger partial charge is 0.335 e. The molecule has 2 heterocycles. The van der Waals surface area contributed by atoms with E-state index in [9.17, 15) is 9.18 Å². The van der Waals surface area contributed by atoms with E-state index < -0.39 is 5.82 Å². The molecule has 24 heavy (non-hydrogen) atoms. The maximum absolute atomic E-state index is 14.0. The predicted molar refractivity (Wildman–Crippen MR) is 96.1 cm³/mol. The first-order valence-electron chi connectivity index (χ1n) is 8.59. The zero-order valence-corrected chi connectivity index (χ0v) is 15.2. The van der Waals surface area contributed by atoms with Crippen molar-refractivity contribution in [3.05, 3.63) is 28.3 Å². The number of rotatable bonds is 2. The lowest BCUT2D eigenvalue weighted by Crippen LogP contribution is -2.43. The van der Waals surface area contributed by atoms with Crippen LogP contribution in [0.4, 0.5) is 4.39 Å². The summed E-state index contributed by atoms with van der Waals surface area (Å²) >= 11 is 5.10. The highest BCUT2D eigenvalue weighted by Crippen LogP contribution is 2.29. The van der Waals surface area contributed by atoms with Crippen molar-refractivity contribution in [3.63, 3.8) is 0 Å². The van der Waals surface area contributed by atoms with E-state index in [1.54, 1.807) is 0 Å². The molecule has 1 fully saturated rings. The van der Waals surface area contributed by atoms with Crippen molar-refractivity contribution in [2.45, 2.75) is 46.1 Å². The molecule has 2 N–H and O–H groups in total. The number of benzene rings is 1. The van der Waals surface area contributed by atoms with E-state index in [2.05, 4.69) is 30.7 Å². The highest BCUT2D eigenvalue weighted by atomic mass is 32.1. The maximum atomic E-state index is 14.0. The monoisotopic (exact) mass is 349 g/mol. The van der Waals surface area contributed by atoms with Crippen LogP contribution in [-0.2, 0) is 0 Å². The zero-order chi connectivity index (χ0) is 17.4. The Bertz CT molecular complexity index is 810. The van der Waals surface area contributed by atoms with Gasteiger partial charge in [-0.15, -0.1) is 0 Å². The highest BCUT2D eigenvalue weighted by molar-refractivity contribution is 7.71. The average Bonchev–Trinajstić information content (AvgIpc) is 2.76. The second-order valence-corrected chi connectivity index (χ2v) is 7.64. The van der Waals surface area contributed by atoms with Crippen LogP contribution in [-0.4, -0.2) is 33.4 Å². The van der Waals surface area contributed by atoms with Gasteiger partial charge in [0.1, 0.15) is 5.82 Å². The van der Waals surface area contributed by atoms with Crippen LogP contribution < -0.4 is 0 Å². The molecule has 1 aliphatic heterocycles. The number of aromatic amines is 2. The van der Waals surface area contributed by atoms with Crippen LogP contribution in [0.25, 0.3) is 11.0 Å². The topological polar surface area (TPSA) is 51.9 Å². The van der Waals surface area contributed by atoms with E-state index in [0.717, 1.165) is 19.3 Å². The first kappa shape index (κ1) is 17.1. The third-order valence-corrected chi connectivity index (χ3v) is 5.27. The molecule has 130 valence electrons. The van der Waals surface area contributed by atoms with Crippen LogP contribution in [0.5, 0.6) is 0 Å². The lowest BCUT2D eigenvalue weighted by molar-refractivity contribution is 0.0632. The van der Waals surface area contributed by atoms with Gasteiger partial charge in [0.2, 0.25) is 0 Å². The fourth-order valence-electron chi connectivity index (χ4n) is 3.66. The molecule has 0 spiro atoms. The number of likely N-dealkylation sites (tertiary alicyclic amines) is 1. The number of halogens is 1. The molecule has 0 radical (unpaired) electrons. The fraction of sp³-hybridized carbons (Fsp3) is 0.556. The third kappa shape index (κ3) is 3.24. The van der Waals surface area contributed by atoms with Crippen LogP contribution in [0.2, 0.25) is 0 Å². The van der Waals surface area contributed by atoms with Gasteiger partial charge in [-0.3, -0.25) is 4.79 Å². The maximum Gasteiger partial charge on any atom is 0.256 e. The second kappa shape index (κ2) is 6.67. The van der Waals surface area contributed by atoms with Crippen molar-refractivity contribution >= 4 is 29.2 Å². The number of H-pyrrole nitrogens is 2. The summed E-state index contributed by atoms with van der Waals surface area (Å²) in [7, 11) is 0. The minimum absolute atomic E-state index is 0.113. The standard InChI is InChI=1S/C18H24FN3OS/c1-10(2)15-5-4-11(3)6-7-22(15)17(23)13-8-12(19)9-14-16(13)21-18(24)20-14/h8-11,15H,4-7H2,1-3H3,(H2,20,21,24). The van der Waals surface area contributed by atoms with Gasteiger partial charge in [0.05, 0.1) is 16.6 Å². The Kier molecular flexibility index (Phi) is 4.76. The summed E-state index contributed by atoms with van der Waals surface area (Å²) in [5.41, 5.74) is 1.48. The molecule has 2 aromatic rings. The van der Waals surface area contributed by atoms with Crippen LogP contribution in [0.15, 0.2) is 12.1 Å². The molecule has 1 saturated heterocycles. The molecule has 2 unspecified atom stereocenters. The van der Waals surface area contributed by atoms with Gasteiger partial charge in [-0.05, 0) is 55.4 Å². The van der Waals surface area contributed by atoms with E-state index in [1.807, 2.05) is 4.90 Å². The van der Waals surface area contributed by atoms with E-state index in [0.29, 0.717) is 39.7 Å². The first-order chi connectivity index (χ1) is 11.4. The zero-order valence-electron chi connectivity index (χ0n) is 14.4. The number of nitrogens with zero attached hydrogens (tertiary/aromatic N) is 1. The average molecular weight is 349 g/mol. The van der Waals surface area contributed by atoms with Crippen LogP contribution in [0, 0.1) is 22.4 Å². The highest BCUT2D eigenvalue weighted by Gasteiger charge is 2.31. The summed E-state index contributed by atoms with van der Waals surface area (Å²) < 4.78 is 14.4. The summed E-state index contributed by atoms with van der Waals surface area (Å²) in [6.07, 6.45) is 3.10. The molecule has 0 aliphatic carbocycles. The predicted octanol–water partition coefficient (Wildman–Crippen LogP) is 4.65. The van der Waals surface area contributed by atoms with Gasteiger partial charge < -0.3 is 14.9 Å². The molecule has 0 saturated carbocycles. The summed E-state index contributed by atoms with van der Waals surface area (Å²) in [6, 6.07) is 2.86. The van der Waals surface area contributed by atoms with Gasteiger partial charge in [-0.2, -0.15) is 0 Å². The SMILES string of the molecule is CC1CCC(C(C)C)N(C(=O)c2cc(F)cc3[nH]c(=S)[nH]c23)CC1. The lowest BCUT2D eigenvalue weighted by Gasteiger charge is -2.33. The molecule has 2 atom stereocenters. The molecule has 4 nitrogen and oxygen atoms in total. The second-order valence-electron chi connectivity index (χ2n) is 7.24. The number of fused-ring (bicyclic) bond motifs is 1. The number of carbonyl (C=O) groups is 1. The molecule has 1 aliphatic rings. The van der Waals surface area contributed by atoms with Gasteiger partial charge >= 0.3 is 0 Å². The van der Waals surface area contributed by atoms with E-state index in [-0.39, 0.29) is 11.9 Å². The molecule has 1 aromatic carbocycles. The minimum Gasteiger partial charge on any atom is -0.335 e. The van der Waals surface area contributed by atoms with Crippen LogP contribution in [0.3, 0.4) is 0 Å². The number of carbonyl (C=O) groups excluding carboxylic acids is 1. The molecule has 3 rings (SSSR count). The van der Waals surface area contributed by atoms with Gasteiger partial charge in [-0.1, -0.05) is 20.8 Å². The van der Waals surface area contributed by atoms with E-state index in [4.69, 9.17) is 12.2 Å². The number of amides is 1. The smallest absolute Gasteiger partial charge is 0.256 e. The Morgan fingerprint density at radius 1 is 1.29 bits per heavy atom. The van der Waals surface area contributed by atoms with Crippen molar-refractivity contribution in [2.75, 3.05) is 6.54 Å². The van der Waals surface area contributed by atoms with Gasteiger partial charge in [0.15, 0.2) is 4.77 Å². The number of imidazole rings is 1. The van der Waals surface area contributed by atoms with Crippen molar-refractivity contribution in [1.82, 2.24) is 14.9 Å². The summed E-state index contributed by atoms with van der Waals surface area (Å²) in [4.78, 5) is 21.1. The van der Waals surface area contributed by atoms with E-state index in [1.165, 1.54) is 12.1 Å². The molecule has 6 heteroatoms. The molecule has 0 bridgehead atoms. The van der Waals surface area contributed by atoms with Gasteiger partial charge in [0.25, 0.3) is 5.91 Å². The Morgan fingerprint density at radius 3 is 2.75 bits per heavy atom. The van der Waals surface area contributed by atoms with E-state index >= 15 is 0 Å². The number of hydrogen-bond donors (Lipinski definition) is 2. The molecule has 1 amide bonds. The molecular weight excluding hydrogens is 325 g/mol. The Balaban J connectivity index is 2.04. The lowest BCUT2D eigenvalue weighted by atomic mass is 9.95.